The molecular weight excluding hydrogens is 382 g/mol. The van der Waals surface area contributed by atoms with Crippen molar-refractivity contribution in [2.75, 3.05) is 41.8 Å². The molecule has 0 radical (unpaired) electrons. The highest BCUT2D eigenvalue weighted by molar-refractivity contribution is 7.92. The maximum absolute atomic E-state index is 12.5. The predicted molar refractivity (Wildman–Crippen MR) is 105 cm³/mol. The van der Waals surface area contributed by atoms with E-state index < -0.39 is 10.0 Å². The van der Waals surface area contributed by atoms with E-state index in [-0.39, 0.29) is 6.04 Å². The highest BCUT2D eigenvalue weighted by atomic mass is 32.2. The Morgan fingerprint density at radius 2 is 2.18 bits per heavy atom. The Hall–Kier alpha value is -2.66. The highest BCUT2D eigenvalue weighted by Crippen LogP contribution is 2.42. The van der Waals surface area contributed by atoms with Crippen LogP contribution >= 0.6 is 0 Å². The number of H-pyrrole nitrogens is 1. The third-order valence-corrected chi connectivity index (χ3v) is 6.49. The summed E-state index contributed by atoms with van der Waals surface area (Å²) in [5, 5.41) is 12.1. The Kier molecular flexibility index (Phi) is 3.85. The first kappa shape index (κ1) is 17.4. The van der Waals surface area contributed by atoms with Crippen molar-refractivity contribution in [2.45, 2.75) is 19.4 Å². The zero-order chi connectivity index (χ0) is 19.5. The van der Waals surface area contributed by atoms with Gasteiger partial charge >= 0.3 is 0 Å². The summed E-state index contributed by atoms with van der Waals surface area (Å²) in [6.07, 6.45) is 5.25. The lowest BCUT2D eigenvalue weighted by molar-refractivity contribution is 0.0985. The summed E-state index contributed by atoms with van der Waals surface area (Å²) in [7, 11) is -3.41. The smallest absolute Gasteiger partial charge is 0.232 e. The molecule has 0 unspecified atom stereocenters. The quantitative estimate of drug-likeness (QED) is 0.685. The van der Waals surface area contributed by atoms with Gasteiger partial charge in [-0.15, -0.1) is 0 Å². The molecule has 1 saturated heterocycles. The lowest BCUT2D eigenvalue weighted by Crippen LogP contribution is -2.44. The van der Waals surface area contributed by atoms with E-state index in [1.807, 2.05) is 0 Å². The van der Waals surface area contributed by atoms with Gasteiger partial charge < -0.3 is 9.64 Å². The highest BCUT2D eigenvalue weighted by Gasteiger charge is 2.35. The molecule has 0 bridgehead atoms. The first-order valence-electron chi connectivity index (χ1n) is 9.18. The monoisotopic (exact) mass is 403 g/mol. The fraction of sp³-hybridized carbons (Fsp3) is 0.471. The van der Waals surface area contributed by atoms with E-state index >= 15 is 0 Å². The average Bonchev–Trinajstić information content (AvgIpc) is 3.38. The zero-order valence-corrected chi connectivity index (χ0v) is 16.5. The van der Waals surface area contributed by atoms with Crippen molar-refractivity contribution in [3.8, 4) is 5.82 Å². The van der Waals surface area contributed by atoms with Crippen LogP contribution in [0.5, 0.6) is 0 Å². The average molecular weight is 403 g/mol. The molecule has 0 aliphatic carbocycles. The second-order valence-electron chi connectivity index (χ2n) is 7.19. The molecule has 3 aromatic heterocycles. The van der Waals surface area contributed by atoms with Crippen LogP contribution < -0.4 is 9.21 Å². The summed E-state index contributed by atoms with van der Waals surface area (Å²) in [6.45, 7) is 4.44. The zero-order valence-electron chi connectivity index (χ0n) is 15.7. The van der Waals surface area contributed by atoms with Gasteiger partial charge in [-0.2, -0.15) is 14.9 Å². The molecule has 1 fully saturated rings. The number of anilines is 2. The lowest BCUT2D eigenvalue weighted by Gasteiger charge is -2.35. The van der Waals surface area contributed by atoms with Crippen molar-refractivity contribution in [1.29, 1.82) is 0 Å². The fourth-order valence-electron chi connectivity index (χ4n) is 4.04. The molecule has 0 aromatic carbocycles. The number of nitrogens with zero attached hydrogens (tertiary/aromatic N) is 6. The third-order valence-electron chi connectivity index (χ3n) is 5.32. The van der Waals surface area contributed by atoms with Crippen molar-refractivity contribution < 1.29 is 13.2 Å². The van der Waals surface area contributed by atoms with Gasteiger partial charge in [-0.05, 0) is 13.3 Å². The number of aromatic amines is 1. The molecule has 0 saturated carbocycles. The maximum atomic E-state index is 12.5. The molecule has 148 valence electrons. The molecule has 28 heavy (non-hydrogen) atoms. The number of pyridine rings is 1. The summed E-state index contributed by atoms with van der Waals surface area (Å²) in [5.74, 6) is 1.41. The van der Waals surface area contributed by atoms with Gasteiger partial charge in [0.15, 0.2) is 11.5 Å². The van der Waals surface area contributed by atoms with Gasteiger partial charge in [-0.1, -0.05) is 0 Å². The van der Waals surface area contributed by atoms with Crippen LogP contribution in [0.2, 0.25) is 0 Å². The van der Waals surface area contributed by atoms with Gasteiger partial charge in [-0.25, -0.2) is 13.4 Å². The van der Waals surface area contributed by atoms with E-state index in [4.69, 9.17) is 9.72 Å². The molecule has 1 N–H and O–H groups in total. The molecule has 10 nitrogen and oxygen atoms in total. The minimum absolute atomic E-state index is 0.150. The van der Waals surface area contributed by atoms with Crippen LogP contribution in [-0.2, 0) is 21.2 Å². The summed E-state index contributed by atoms with van der Waals surface area (Å²) >= 11 is 0. The summed E-state index contributed by atoms with van der Waals surface area (Å²) in [4.78, 5) is 7.15. The Bertz CT molecular complexity index is 1140. The van der Waals surface area contributed by atoms with Crippen molar-refractivity contribution in [2.24, 2.45) is 0 Å². The summed E-state index contributed by atoms with van der Waals surface area (Å²) < 4.78 is 33.6. The normalized spacial score (nSPS) is 20.1. The number of nitrogens with one attached hydrogen (secondary N) is 1. The summed E-state index contributed by atoms with van der Waals surface area (Å²) in [5.41, 5.74) is 2.23. The second kappa shape index (κ2) is 6.17. The number of fused-ring (bicyclic) bond motifs is 3. The molecule has 11 heteroatoms. The van der Waals surface area contributed by atoms with Gasteiger partial charge in [0.1, 0.15) is 5.82 Å². The number of hydrogen-bond donors (Lipinski definition) is 1. The van der Waals surface area contributed by atoms with Crippen LogP contribution in [0.15, 0.2) is 18.5 Å². The minimum Gasteiger partial charge on any atom is -0.377 e. The van der Waals surface area contributed by atoms with E-state index in [1.54, 1.807) is 23.1 Å². The van der Waals surface area contributed by atoms with E-state index in [1.165, 1.54) is 10.6 Å². The van der Waals surface area contributed by atoms with E-state index in [9.17, 15) is 8.42 Å². The maximum Gasteiger partial charge on any atom is 0.232 e. The SMILES string of the molecule is C[C@@H]1COCCN1c1nc2c(cnn2-c2cc[nH]n2)c2c1CCN2S(C)(=O)=O. The number of rotatable bonds is 3. The first-order chi connectivity index (χ1) is 13.4. The molecule has 5 heterocycles. The van der Waals surface area contributed by atoms with Crippen molar-refractivity contribution >= 4 is 32.6 Å². The van der Waals surface area contributed by atoms with Crippen LogP contribution in [0.1, 0.15) is 12.5 Å². The molecule has 0 spiro atoms. The van der Waals surface area contributed by atoms with Gasteiger partial charge in [0.25, 0.3) is 0 Å². The van der Waals surface area contributed by atoms with Gasteiger partial charge in [0.2, 0.25) is 10.0 Å². The van der Waals surface area contributed by atoms with Crippen LogP contribution in [0.4, 0.5) is 11.5 Å². The molecular formula is C17H21N7O3S. The second-order valence-corrected chi connectivity index (χ2v) is 9.10. The van der Waals surface area contributed by atoms with Gasteiger partial charge in [0, 0.05) is 30.9 Å². The predicted octanol–water partition coefficient (Wildman–Crippen LogP) is 0.691. The van der Waals surface area contributed by atoms with Crippen molar-refractivity contribution in [1.82, 2.24) is 25.0 Å². The molecule has 2 aliphatic heterocycles. The van der Waals surface area contributed by atoms with Gasteiger partial charge in [0.05, 0.1) is 42.8 Å². The van der Waals surface area contributed by atoms with Crippen LogP contribution in [-0.4, -0.2) is 72.0 Å². The van der Waals surface area contributed by atoms with E-state index in [2.05, 4.69) is 27.1 Å². The van der Waals surface area contributed by atoms with Crippen molar-refractivity contribution in [3.05, 3.63) is 24.0 Å². The van der Waals surface area contributed by atoms with E-state index in [0.717, 1.165) is 11.4 Å². The number of hydrogen-bond acceptors (Lipinski definition) is 7. The first-order valence-corrected chi connectivity index (χ1v) is 11.0. The Morgan fingerprint density at radius 3 is 2.89 bits per heavy atom. The number of sulfonamides is 1. The van der Waals surface area contributed by atoms with Crippen molar-refractivity contribution in [3.63, 3.8) is 0 Å². The number of ether oxygens (including phenoxy) is 1. The van der Waals surface area contributed by atoms with E-state index in [0.29, 0.717) is 55.3 Å². The number of aromatic nitrogens is 5. The molecule has 3 aromatic rings. The van der Waals surface area contributed by atoms with Gasteiger partial charge in [-0.3, -0.25) is 9.40 Å². The molecule has 0 amide bonds. The third kappa shape index (κ3) is 2.57. The largest absolute Gasteiger partial charge is 0.377 e. The minimum atomic E-state index is -3.41. The standard InChI is InChI=1S/C17H21N7O3S/c1-11-10-27-8-7-22(11)16-12-4-6-23(28(2,25)26)15(12)13-9-19-24(17(13)20-16)14-3-5-18-21-14/h3,5,9,11H,4,6-8,10H2,1-2H3,(H,18,21)/t11-/m1/s1. The van der Waals surface area contributed by atoms with Crippen LogP contribution in [0.3, 0.4) is 0 Å². The van der Waals surface area contributed by atoms with Crippen LogP contribution in [0, 0.1) is 0 Å². The Morgan fingerprint density at radius 1 is 1.32 bits per heavy atom. The lowest BCUT2D eigenvalue weighted by atomic mass is 10.1. The fourth-order valence-corrected chi connectivity index (χ4v) is 5.01. The van der Waals surface area contributed by atoms with Crippen LogP contribution in [0.25, 0.3) is 16.9 Å². The molecule has 2 aliphatic rings. The molecule has 5 rings (SSSR count). The molecule has 1 atom stereocenters. The Balaban J connectivity index is 1.79. The summed E-state index contributed by atoms with van der Waals surface area (Å²) in [6, 6.07) is 1.95. The topological polar surface area (TPSA) is 109 Å². The number of morpholine rings is 1. The Labute approximate surface area is 162 Å².